The topological polar surface area (TPSA) is 126 Å². The van der Waals surface area contributed by atoms with Gasteiger partial charge in [0.05, 0.1) is 60.1 Å². The fraction of sp³-hybridized carbons (Fsp3) is 0.207. The molecule has 0 spiro atoms. The molecule has 2 amide bonds. The second-order valence-electron chi connectivity index (χ2n) is 8.69. The lowest BCUT2D eigenvalue weighted by atomic mass is 9.85. The van der Waals surface area contributed by atoms with Gasteiger partial charge in [-0.25, -0.2) is 0 Å². The molecular weight excluding hydrogens is 516 g/mol. The van der Waals surface area contributed by atoms with Crippen molar-refractivity contribution in [1.29, 1.82) is 5.26 Å². The van der Waals surface area contributed by atoms with Gasteiger partial charge in [0.25, 0.3) is 5.91 Å². The van der Waals surface area contributed by atoms with E-state index in [2.05, 4.69) is 22.0 Å². The fourth-order valence-corrected chi connectivity index (χ4v) is 5.11. The largest absolute Gasteiger partial charge is 0.497 e. The summed E-state index contributed by atoms with van der Waals surface area (Å²) in [5.74, 6) is 0.119. The molecule has 0 saturated heterocycles. The summed E-state index contributed by atoms with van der Waals surface area (Å²) in [6.45, 7) is 3.70. The lowest BCUT2D eigenvalue weighted by Gasteiger charge is -2.28. The number of methoxy groups -OCH3 is 2. The number of nitrogens with one attached hydrogen (secondary N) is 3. The van der Waals surface area contributed by atoms with Crippen molar-refractivity contribution in [3.8, 4) is 17.6 Å². The van der Waals surface area contributed by atoms with Crippen LogP contribution in [-0.2, 0) is 9.59 Å². The zero-order chi connectivity index (χ0) is 27.9. The zero-order valence-corrected chi connectivity index (χ0v) is 22.8. The van der Waals surface area contributed by atoms with Crippen molar-refractivity contribution in [3.63, 3.8) is 0 Å². The van der Waals surface area contributed by atoms with Gasteiger partial charge in [-0.05, 0) is 55.8 Å². The van der Waals surface area contributed by atoms with Crippen LogP contribution in [0.2, 0.25) is 0 Å². The van der Waals surface area contributed by atoms with Crippen molar-refractivity contribution >= 4 is 35.0 Å². The normalized spacial score (nSPS) is 14.8. The first kappa shape index (κ1) is 27.4. The van der Waals surface area contributed by atoms with Crippen LogP contribution < -0.4 is 25.4 Å². The van der Waals surface area contributed by atoms with E-state index < -0.39 is 5.92 Å². The summed E-state index contributed by atoms with van der Waals surface area (Å²) in [4.78, 5) is 26.3. The zero-order valence-electron chi connectivity index (χ0n) is 22.0. The van der Waals surface area contributed by atoms with Crippen molar-refractivity contribution in [1.82, 2.24) is 5.32 Å². The predicted octanol–water partition coefficient (Wildman–Crippen LogP) is 5.31. The Labute approximate surface area is 230 Å². The summed E-state index contributed by atoms with van der Waals surface area (Å²) < 4.78 is 16.2. The van der Waals surface area contributed by atoms with Gasteiger partial charge in [0.2, 0.25) is 5.91 Å². The summed E-state index contributed by atoms with van der Waals surface area (Å²) in [6.07, 6.45) is 1.50. The van der Waals surface area contributed by atoms with E-state index in [-0.39, 0.29) is 23.1 Å². The number of nitriles is 1. The van der Waals surface area contributed by atoms with Crippen LogP contribution in [0.15, 0.2) is 87.1 Å². The Hall–Kier alpha value is -4.62. The molecule has 1 atom stereocenters. The lowest BCUT2D eigenvalue weighted by Crippen LogP contribution is -2.31. The molecule has 3 aromatic rings. The van der Waals surface area contributed by atoms with Crippen LogP contribution in [0.5, 0.6) is 11.5 Å². The number of nitrogens with zero attached hydrogens (tertiary/aromatic N) is 1. The van der Waals surface area contributed by atoms with Crippen LogP contribution in [0.4, 0.5) is 11.4 Å². The van der Waals surface area contributed by atoms with Crippen molar-refractivity contribution in [3.05, 3.63) is 94.1 Å². The van der Waals surface area contributed by atoms with Gasteiger partial charge in [-0.15, -0.1) is 0 Å². The van der Waals surface area contributed by atoms with Gasteiger partial charge in [0.15, 0.2) is 0 Å². The smallest absolute Gasteiger partial charge is 0.254 e. The molecule has 1 aliphatic heterocycles. The first-order valence-corrected chi connectivity index (χ1v) is 13.0. The van der Waals surface area contributed by atoms with Crippen LogP contribution in [0.3, 0.4) is 0 Å². The summed E-state index contributed by atoms with van der Waals surface area (Å²) in [5, 5.41) is 19.6. The summed E-state index contributed by atoms with van der Waals surface area (Å²) in [5.41, 5.74) is 3.34. The van der Waals surface area contributed by atoms with Crippen LogP contribution in [0, 0.1) is 18.3 Å². The van der Waals surface area contributed by atoms with Gasteiger partial charge in [-0.1, -0.05) is 23.9 Å². The van der Waals surface area contributed by atoms with Crippen LogP contribution >= 0.6 is 11.8 Å². The Kier molecular flexibility index (Phi) is 8.63. The number of benzene rings is 2. The van der Waals surface area contributed by atoms with Crippen LogP contribution in [-0.4, -0.2) is 31.8 Å². The number of thioether (sulfide) groups is 1. The van der Waals surface area contributed by atoms with E-state index in [4.69, 9.17) is 13.9 Å². The molecular formula is C29H28N4O5S. The molecule has 0 aliphatic carbocycles. The molecule has 0 bridgehead atoms. The Bertz CT molecular complexity index is 1490. The van der Waals surface area contributed by atoms with Gasteiger partial charge in [0, 0.05) is 17.5 Å². The molecule has 0 radical (unpaired) electrons. The SMILES string of the molecule is COc1ccc(NC(=O)CSC2=C(C#N)[C@@H](c3ccco3)C(C(=O)Nc3cccc(C)c3)=C(C)N2)c(OC)c1. The molecule has 0 unspecified atom stereocenters. The number of hydrogen-bond acceptors (Lipinski definition) is 8. The van der Waals surface area contributed by atoms with E-state index in [0.717, 1.165) is 17.3 Å². The Morgan fingerprint density at radius 1 is 1.08 bits per heavy atom. The van der Waals surface area contributed by atoms with Gasteiger partial charge in [-0.2, -0.15) is 5.26 Å². The second-order valence-corrected chi connectivity index (χ2v) is 9.68. The molecule has 0 fully saturated rings. The minimum absolute atomic E-state index is 0.00563. The molecule has 39 heavy (non-hydrogen) atoms. The fourth-order valence-electron chi connectivity index (χ4n) is 4.21. The third-order valence-electron chi connectivity index (χ3n) is 6.03. The number of allylic oxidation sites excluding steroid dienone is 2. The average molecular weight is 545 g/mol. The maximum atomic E-state index is 13.5. The first-order chi connectivity index (χ1) is 18.8. The summed E-state index contributed by atoms with van der Waals surface area (Å²) in [7, 11) is 3.05. The molecule has 0 saturated carbocycles. The van der Waals surface area contributed by atoms with Crippen molar-refractivity contribution < 1.29 is 23.5 Å². The second kappa shape index (κ2) is 12.3. The molecule has 3 N–H and O–H groups in total. The number of carbonyl (C=O) groups excluding carboxylic acids is 2. The van der Waals surface area contributed by atoms with E-state index in [1.54, 1.807) is 50.4 Å². The van der Waals surface area contributed by atoms with Crippen LogP contribution in [0.25, 0.3) is 0 Å². The van der Waals surface area contributed by atoms with Crippen LogP contribution in [0.1, 0.15) is 24.2 Å². The maximum absolute atomic E-state index is 13.5. The highest BCUT2D eigenvalue weighted by atomic mass is 32.2. The maximum Gasteiger partial charge on any atom is 0.254 e. The number of rotatable bonds is 9. The Morgan fingerprint density at radius 2 is 1.90 bits per heavy atom. The minimum Gasteiger partial charge on any atom is -0.497 e. The average Bonchev–Trinajstić information content (AvgIpc) is 3.46. The monoisotopic (exact) mass is 544 g/mol. The van der Waals surface area contributed by atoms with E-state index in [1.807, 2.05) is 25.1 Å². The molecule has 2 aromatic carbocycles. The van der Waals surface area contributed by atoms with E-state index in [9.17, 15) is 14.9 Å². The predicted molar refractivity (Wildman–Crippen MR) is 150 cm³/mol. The van der Waals surface area contributed by atoms with Gasteiger partial charge in [0.1, 0.15) is 17.3 Å². The number of carbonyl (C=O) groups is 2. The molecule has 1 aromatic heterocycles. The Balaban J connectivity index is 1.56. The van der Waals surface area contributed by atoms with Crippen molar-refractivity contribution in [2.75, 3.05) is 30.6 Å². The van der Waals surface area contributed by atoms with Gasteiger partial charge in [-0.3, -0.25) is 9.59 Å². The summed E-state index contributed by atoms with van der Waals surface area (Å²) >= 11 is 1.16. The quantitative estimate of drug-likeness (QED) is 0.331. The number of furan rings is 1. The van der Waals surface area contributed by atoms with E-state index in [0.29, 0.717) is 44.9 Å². The number of hydrogen-bond donors (Lipinski definition) is 3. The number of amides is 2. The minimum atomic E-state index is -0.747. The first-order valence-electron chi connectivity index (χ1n) is 12.0. The standard InChI is InChI=1S/C29H28N4O5S/c1-17-7-5-8-19(13-17)32-28(35)26-18(2)31-29(21(15-30)27(26)23-9-6-12-38-23)39-16-25(34)33-22-11-10-20(36-3)14-24(22)37-4/h5-14,27,31H,16H2,1-4H3,(H,32,35)(H,33,34)/t27-/m0/s1. The third-order valence-corrected chi connectivity index (χ3v) is 7.04. The lowest BCUT2D eigenvalue weighted by molar-refractivity contribution is -0.114. The highest BCUT2D eigenvalue weighted by molar-refractivity contribution is 8.03. The number of ether oxygens (including phenoxy) is 2. The molecule has 1 aliphatic rings. The Morgan fingerprint density at radius 3 is 2.56 bits per heavy atom. The highest BCUT2D eigenvalue weighted by Gasteiger charge is 2.36. The third kappa shape index (κ3) is 6.27. The summed E-state index contributed by atoms with van der Waals surface area (Å²) in [6, 6.07) is 18.2. The van der Waals surface area contributed by atoms with Gasteiger partial charge < -0.3 is 29.8 Å². The number of aryl methyl sites for hydroxylation is 1. The van der Waals surface area contributed by atoms with E-state index in [1.165, 1.54) is 13.4 Å². The molecule has 10 heteroatoms. The highest BCUT2D eigenvalue weighted by Crippen LogP contribution is 2.41. The van der Waals surface area contributed by atoms with Gasteiger partial charge >= 0.3 is 0 Å². The molecule has 9 nitrogen and oxygen atoms in total. The molecule has 200 valence electrons. The number of anilines is 2. The number of dihydropyridines is 1. The molecule has 2 heterocycles. The molecule has 4 rings (SSSR count). The van der Waals surface area contributed by atoms with E-state index >= 15 is 0 Å². The van der Waals surface area contributed by atoms with Crippen molar-refractivity contribution in [2.24, 2.45) is 0 Å². The van der Waals surface area contributed by atoms with Crippen molar-refractivity contribution in [2.45, 2.75) is 19.8 Å².